The molecule has 3 aromatic rings. The summed E-state index contributed by atoms with van der Waals surface area (Å²) in [6.45, 7) is 5.87. The van der Waals surface area contributed by atoms with Crippen molar-refractivity contribution in [1.29, 1.82) is 0 Å². The molecule has 1 heterocycles. The molecule has 1 amide bonds. The lowest BCUT2D eigenvalue weighted by molar-refractivity contribution is -0.122. The highest BCUT2D eigenvalue weighted by Crippen LogP contribution is 2.24. The maximum absolute atomic E-state index is 12.6. The number of amides is 1. The zero-order valence-corrected chi connectivity index (χ0v) is 15.9. The number of benzene rings is 2. The molecule has 136 valence electrons. The molecule has 1 atom stereocenters. The summed E-state index contributed by atoms with van der Waals surface area (Å²) in [6.07, 6.45) is -0.0212. The predicted octanol–water partition coefficient (Wildman–Crippen LogP) is 4.44. The molecule has 0 spiro atoms. The van der Waals surface area contributed by atoms with Gasteiger partial charge in [-0.25, -0.2) is 0 Å². The number of nitrogens with one attached hydrogen (secondary N) is 1. The van der Waals surface area contributed by atoms with Crippen LogP contribution in [0.4, 0.5) is 5.69 Å². The number of carbonyl (C=O) groups is 1. The van der Waals surface area contributed by atoms with Crippen molar-refractivity contribution in [2.75, 3.05) is 5.32 Å². The molecule has 0 aliphatic rings. The molecule has 3 rings (SSSR count). The average Bonchev–Trinajstić information content (AvgIpc) is 2.95. The maximum Gasteiger partial charge on any atom is 0.308 e. The molecule has 6 heteroatoms. The third kappa shape index (κ3) is 3.80. The van der Waals surface area contributed by atoms with Crippen LogP contribution in [0.5, 0.6) is 5.75 Å². The summed E-state index contributed by atoms with van der Waals surface area (Å²) in [5, 5.41) is 2.89. The minimum Gasteiger partial charge on any atom is -0.481 e. The lowest BCUT2D eigenvalue weighted by Gasteiger charge is -2.17. The van der Waals surface area contributed by atoms with Crippen LogP contribution >= 0.6 is 11.3 Å². The first kappa shape index (κ1) is 18.2. The summed E-state index contributed by atoms with van der Waals surface area (Å²) < 4.78 is 8.40. The fourth-order valence-corrected chi connectivity index (χ4v) is 3.86. The summed E-state index contributed by atoms with van der Waals surface area (Å²) in [5.41, 5.74) is 1.55. The number of thiazole rings is 1. The zero-order chi connectivity index (χ0) is 18.7. The standard InChI is InChI=1S/C20H22N2O3S/c1-4-17(25-15-8-6-5-7-9-15)19(23)21-14-10-11-16-18(12-14)26-20(24)22(16)13(2)3/h5-13,17H,4H2,1-3H3,(H,21,23)/t17-/m0/s1. The van der Waals surface area contributed by atoms with Gasteiger partial charge in [0, 0.05) is 11.7 Å². The van der Waals surface area contributed by atoms with Crippen molar-refractivity contribution in [3.63, 3.8) is 0 Å². The first-order chi connectivity index (χ1) is 12.5. The molecule has 0 fully saturated rings. The van der Waals surface area contributed by atoms with Crippen LogP contribution in [0.15, 0.2) is 53.3 Å². The van der Waals surface area contributed by atoms with E-state index < -0.39 is 6.10 Å². The van der Waals surface area contributed by atoms with Crippen molar-refractivity contribution in [2.24, 2.45) is 0 Å². The second kappa shape index (κ2) is 7.74. The monoisotopic (exact) mass is 370 g/mol. The zero-order valence-electron chi connectivity index (χ0n) is 15.1. The van der Waals surface area contributed by atoms with Crippen molar-refractivity contribution in [3.05, 3.63) is 58.2 Å². The summed E-state index contributed by atoms with van der Waals surface area (Å²) in [4.78, 5) is 24.7. The van der Waals surface area contributed by atoms with Gasteiger partial charge in [0.15, 0.2) is 6.10 Å². The van der Waals surface area contributed by atoms with Gasteiger partial charge in [0.25, 0.3) is 5.91 Å². The number of hydrogen-bond donors (Lipinski definition) is 1. The smallest absolute Gasteiger partial charge is 0.308 e. The van der Waals surface area contributed by atoms with Gasteiger partial charge in [-0.1, -0.05) is 36.5 Å². The van der Waals surface area contributed by atoms with Crippen molar-refractivity contribution in [2.45, 2.75) is 39.3 Å². The number of anilines is 1. The van der Waals surface area contributed by atoms with Gasteiger partial charge in [0.1, 0.15) is 5.75 Å². The lowest BCUT2D eigenvalue weighted by atomic mass is 10.2. The van der Waals surface area contributed by atoms with Gasteiger partial charge in [-0.15, -0.1) is 0 Å². The Morgan fingerprint density at radius 2 is 1.92 bits per heavy atom. The van der Waals surface area contributed by atoms with Gasteiger partial charge < -0.3 is 10.1 Å². The number of fused-ring (bicyclic) bond motifs is 1. The molecule has 0 saturated heterocycles. The topological polar surface area (TPSA) is 60.3 Å². The van der Waals surface area contributed by atoms with Gasteiger partial charge in [0.05, 0.1) is 10.2 Å². The normalized spacial score (nSPS) is 12.3. The van der Waals surface area contributed by atoms with Crippen LogP contribution in [0.1, 0.15) is 33.2 Å². The summed E-state index contributed by atoms with van der Waals surface area (Å²) in [7, 11) is 0. The van der Waals surface area contributed by atoms with Crippen molar-refractivity contribution in [1.82, 2.24) is 4.57 Å². The van der Waals surface area contributed by atoms with E-state index in [-0.39, 0.29) is 16.8 Å². The molecule has 0 unspecified atom stereocenters. The molecule has 0 bridgehead atoms. The highest BCUT2D eigenvalue weighted by Gasteiger charge is 2.19. The average molecular weight is 370 g/mol. The molecule has 0 aliphatic carbocycles. The van der Waals surface area contributed by atoms with Crippen molar-refractivity contribution < 1.29 is 9.53 Å². The van der Waals surface area contributed by atoms with Crippen LogP contribution in [0.2, 0.25) is 0 Å². The minimum absolute atomic E-state index is 0.0114. The molecular formula is C20H22N2O3S. The van der Waals surface area contributed by atoms with Crippen molar-refractivity contribution in [3.8, 4) is 5.75 Å². The molecule has 0 radical (unpaired) electrons. The van der Waals surface area contributed by atoms with Crippen LogP contribution in [0.3, 0.4) is 0 Å². The Morgan fingerprint density at radius 1 is 1.19 bits per heavy atom. The third-order valence-corrected chi connectivity index (χ3v) is 5.00. The van der Waals surface area contributed by atoms with E-state index in [9.17, 15) is 9.59 Å². The van der Waals surface area contributed by atoms with Crippen molar-refractivity contribution >= 4 is 33.1 Å². The Labute approximate surface area is 156 Å². The van der Waals surface area contributed by atoms with Gasteiger partial charge in [-0.2, -0.15) is 0 Å². The number of aromatic nitrogens is 1. The second-order valence-corrected chi connectivity index (χ2v) is 7.32. The highest BCUT2D eigenvalue weighted by atomic mass is 32.1. The quantitative estimate of drug-likeness (QED) is 0.698. The van der Waals surface area contributed by atoms with Crippen LogP contribution in [-0.4, -0.2) is 16.6 Å². The van der Waals surface area contributed by atoms with Crippen LogP contribution in [-0.2, 0) is 4.79 Å². The van der Waals surface area contributed by atoms with E-state index in [0.29, 0.717) is 17.9 Å². The summed E-state index contributed by atoms with van der Waals surface area (Å²) in [6, 6.07) is 14.9. The fraction of sp³-hybridized carbons (Fsp3) is 0.300. The van der Waals surface area contributed by atoms with E-state index >= 15 is 0 Å². The number of carbonyl (C=O) groups excluding carboxylic acids is 1. The largest absolute Gasteiger partial charge is 0.481 e. The Balaban J connectivity index is 1.79. The molecule has 26 heavy (non-hydrogen) atoms. The molecule has 5 nitrogen and oxygen atoms in total. The predicted molar refractivity (Wildman–Crippen MR) is 106 cm³/mol. The molecule has 2 aromatic carbocycles. The Morgan fingerprint density at radius 3 is 2.58 bits per heavy atom. The number of para-hydroxylation sites is 1. The molecule has 1 aromatic heterocycles. The fourth-order valence-electron chi connectivity index (χ4n) is 2.81. The molecule has 1 N–H and O–H groups in total. The van der Waals surface area contributed by atoms with E-state index in [2.05, 4.69) is 5.32 Å². The second-order valence-electron chi connectivity index (χ2n) is 6.33. The van der Waals surface area contributed by atoms with E-state index in [0.717, 1.165) is 10.2 Å². The minimum atomic E-state index is -0.577. The van der Waals surface area contributed by atoms with Gasteiger partial charge >= 0.3 is 4.87 Å². The van der Waals surface area contributed by atoms with Gasteiger partial charge in [-0.3, -0.25) is 14.2 Å². The Kier molecular flexibility index (Phi) is 5.42. The summed E-state index contributed by atoms with van der Waals surface area (Å²) in [5.74, 6) is 0.462. The van der Waals surface area contributed by atoms with Crippen LogP contribution < -0.4 is 14.9 Å². The molecular weight excluding hydrogens is 348 g/mol. The van der Waals surface area contributed by atoms with Crippen LogP contribution in [0, 0.1) is 0 Å². The van der Waals surface area contributed by atoms with Gasteiger partial charge in [0.2, 0.25) is 0 Å². The number of hydrogen-bond acceptors (Lipinski definition) is 4. The summed E-state index contributed by atoms with van der Waals surface area (Å²) >= 11 is 1.19. The van der Waals surface area contributed by atoms with E-state index in [1.54, 1.807) is 4.57 Å². The first-order valence-corrected chi connectivity index (χ1v) is 9.49. The number of rotatable bonds is 6. The van der Waals surface area contributed by atoms with Crippen LogP contribution in [0.25, 0.3) is 10.2 Å². The Bertz CT molecular complexity index is 960. The van der Waals surface area contributed by atoms with E-state index in [4.69, 9.17) is 4.74 Å². The lowest BCUT2D eigenvalue weighted by Crippen LogP contribution is -2.32. The van der Waals surface area contributed by atoms with Gasteiger partial charge in [-0.05, 0) is 50.6 Å². The molecule has 0 aliphatic heterocycles. The number of nitrogens with zero attached hydrogens (tertiary/aromatic N) is 1. The van der Waals surface area contributed by atoms with E-state index in [1.807, 2.05) is 69.3 Å². The highest BCUT2D eigenvalue weighted by molar-refractivity contribution is 7.16. The van der Waals surface area contributed by atoms with E-state index in [1.165, 1.54) is 11.3 Å². The SMILES string of the molecule is CC[C@H](Oc1ccccc1)C(=O)Nc1ccc2c(c1)sc(=O)n2C(C)C. The molecule has 0 saturated carbocycles. The third-order valence-electron chi connectivity index (χ3n) is 4.08. The number of ether oxygens (including phenoxy) is 1. The first-order valence-electron chi connectivity index (χ1n) is 8.67. The maximum atomic E-state index is 12.6. The Hall–Kier alpha value is -2.60.